The third-order valence-corrected chi connectivity index (χ3v) is 2.82. The van der Waals surface area contributed by atoms with E-state index < -0.39 is 0 Å². The first-order chi connectivity index (χ1) is 8.26. The van der Waals surface area contributed by atoms with Crippen LogP contribution in [-0.4, -0.2) is 22.2 Å². The van der Waals surface area contributed by atoms with Crippen molar-refractivity contribution in [1.29, 1.82) is 0 Å². The van der Waals surface area contributed by atoms with E-state index in [1.807, 2.05) is 6.92 Å². The molecular weight excluding hydrogens is 242 g/mol. The van der Waals surface area contributed by atoms with Crippen LogP contribution in [-0.2, 0) is 0 Å². The topological polar surface area (TPSA) is 61.0 Å². The highest BCUT2D eigenvalue weighted by atomic mass is 35.5. The second-order valence-corrected chi connectivity index (χ2v) is 3.94. The van der Waals surface area contributed by atoms with Crippen molar-refractivity contribution in [2.24, 2.45) is 0 Å². The molecule has 0 aromatic carbocycles. The van der Waals surface area contributed by atoms with Crippen LogP contribution in [0.1, 0.15) is 24.5 Å². The predicted octanol–water partition coefficient (Wildman–Crippen LogP) is 2.83. The number of hydrogen-bond acceptors (Lipinski definition) is 5. The highest BCUT2D eigenvalue weighted by molar-refractivity contribution is 6.20. The van der Waals surface area contributed by atoms with Crippen molar-refractivity contribution < 1.29 is 9.26 Å². The molecule has 2 heterocycles. The Balaban J connectivity index is 2.37. The lowest BCUT2D eigenvalue weighted by molar-refractivity contribution is 0.401. The molecule has 1 atom stereocenters. The number of ether oxygens (including phenoxy) is 1. The minimum Gasteiger partial charge on any atom is -0.494 e. The van der Waals surface area contributed by atoms with E-state index in [-0.39, 0.29) is 5.38 Å². The van der Waals surface area contributed by atoms with Crippen LogP contribution in [0.15, 0.2) is 23.0 Å². The van der Waals surface area contributed by atoms with Gasteiger partial charge in [-0.3, -0.25) is 4.98 Å². The summed E-state index contributed by atoms with van der Waals surface area (Å²) in [6.45, 7) is 1.96. The van der Waals surface area contributed by atoms with E-state index in [4.69, 9.17) is 20.9 Å². The number of halogens is 1. The fourth-order valence-corrected chi connectivity index (χ4v) is 1.46. The number of nitrogens with zero attached hydrogens (tertiary/aromatic N) is 3. The maximum atomic E-state index is 6.04. The zero-order chi connectivity index (χ0) is 12.3. The van der Waals surface area contributed by atoms with Crippen LogP contribution < -0.4 is 4.74 Å². The summed E-state index contributed by atoms with van der Waals surface area (Å²) >= 11 is 6.04. The molecule has 2 rings (SSSR count). The number of aromatic nitrogens is 3. The van der Waals surface area contributed by atoms with E-state index in [0.29, 0.717) is 23.0 Å². The molecule has 0 aliphatic carbocycles. The van der Waals surface area contributed by atoms with Gasteiger partial charge in [-0.05, 0) is 12.5 Å². The number of methoxy groups -OCH3 is 1. The molecule has 0 bridgehead atoms. The molecular formula is C11H12ClN3O2. The zero-order valence-corrected chi connectivity index (χ0v) is 10.3. The van der Waals surface area contributed by atoms with Crippen LogP contribution in [0.2, 0.25) is 0 Å². The standard InChI is InChI=1S/C11H12ClN3O2/c1-3-8(12)10-14-11(17-15-10)7-4-5-13-6-9(7)16-2/h4-6,8H,3H2,1-2H3. The fourth-order valence-electron chi connectivity index (χ4n) is 1.37. The number of hydrogen-bond donors (Lipinski definition) is 0. The molecule has 90 valence electrons. The first kappa shape index (κ1) is 11.9. The number of alkyl halides is 1. The van der Waals surface area contributed by atoms with Crippen LogP contribution in [0.4, 0.5) is 0 Å². The Morgan fingerprint density at radius 2 is 2.35 bits per heavy atom. The predicted molar refractivity (Wildman–Crippen MR) is 63.0 cm³/mol. The van der Waals surface area contributed by atoms with Gasteiger partial charge in [0.2, 0.25) is 0 Å². The molecule has 1 unspecified atom stereocenters. The molecule has 0 saturated heterocycles. The molecule has 2 aromatic rings. The molecule has 0 fully saturated rings. The molecule has 0 N–H and O–H groups in total. The van der Waals surface area contributed by atoms with Crippen molar-refractivity contribution in [2.45, 2.75) is 18.7 Å². The van der Waals surface area contributed by atoms with E-state index in [2.05, 4.69) is 15.1 Å². The van der Waals surface area contributed by atoms with Crippen LogP contribution in [0.5, 0.6) is 5.75 Å². The lowest BCUT2D eigenvalue weighted by Crippen LogP contribution is -1.92. The van der Waals surface area contributed by atoms with Gasteiger partial charge >= 0.3 is 0 Å². The van der Waals surface area contributed by atoms with Gasteiger partial charge < -0.3 is 9.26 Å². The summed E-state index contributed by atoms with van der Waals surface area (Å²) in [7, 11) is 1.56. The molecule has 0 amide bonds. The van der Waals surface area contributed by atoms with Crippen LogP contribution >= 0.6 is 11.6 Å². The first-order valence-corrected chi connectivity index (χ1v) is 5.66. The second-order valence-electron chi connectivity index (χ2n) is 3.41. The maximum absolute atomic E-state index is 6.04. The maximum Gasteiger partial charge on any atom is 0.261 e. The Hall–Kier alpha value is -1.62. The van der Waals surface area contributed by atoms with Crippen LogP contribution in [0.25, 0.3) is 11.5 Å². The van der Waals surface area contributed by atoms with Crippen molar-refractivity contribution in [1.82, 2.24) is 15.1 Å². The molecule has 0 aliphatic heterocycles. The summed E-state index contributed by atoms with van der Waals surface area (Å²) in [4.78, 5) is 8.20. The summed E-state index contributed by atoms with van der Waals surface area (Å²) in [6, 6.07) is 1.76. The molecule has 0 spiro atoms. The van der Waals surface area contributed by atoms with E-state index in [1.165, 1.54) is 0 Å². The second kappa shape index (κ2) is 5.14. The van der Waals surface area contributed by atoms with E-state index in [0.717, 1.165) is 6.42 Å². The Morgan fingerprint density at radius 1 is 1.53 bits per heavy atom. The molecule has 6 heteroatoms. The van der Waals surface area contributed by atoms with Crippen molar-refractivity contribution in [2.75, 3.05) is 7.11 Å². The Kier molecular flexibility index (Phi) is 3.58. The summed E-state index contributed by atoms with van der Waals surface area (Å²) < 4.78 is 10.3. The molecule has 2 aromatic heterocycles. The van der Waals surface area contributed by atoms with Crippen molar-refractivity contribution in [3.8, 4) is 17.2 Å². The minimum atomic E-state index is -0.236. The van der Waals surface area contributed by atoms with Gasteiger partial charge in [0.05, 0.1) is 24.2 Å². The highest BCUT2D eigenvalue weighted by Crippen LogP contribution is 2.29. The Bertz CT molecular complexity index is 501. The van der Waals surface area contributed by atoms with Crippen LogP contribution in [0.3, 0.4) is 0 Å². The van der Waals surface area contributed by atoms with Gasteiger partial charge in [-0.25, -0.2) is 0 Å². The van der Waals surface area contributed by atoms with Crippen LogP contribution in [0, 0.1) is 0 Å². The molecule has 0 radical (unpaired) electrons. The van der Waals surface area contributed by atoms with E-state index in [1.54, 1.807) is 25.6 Å². The normalized spacial score (nSPS) is 12.4. The highest BCUT2D eigenvalue weighted by Gasteiger charge is 2.17. The largest absolute Gasteiger partial charge is 0.494 e. The monoisotopic (exact) mass is 253 g/mol. The van der Waals surface area contributed by atoms with Gasteiger partial charge in [0.1, 0.15) is 5.75 Å². The average Bonchev–Trinajstić information content (AvgIpc) is 2.87. The third kappa shape index (κ3) is 2.39. The lowest BCUT2D eigenvalue weighted by atomic mass is 10.2. The molecule has 5 nitrogen and oxygen atoms in total. The van der Waals surface area contributed by atoms with Gasteiger partial charge in [-0.15, -0.1) is 11.6 Å². The smallest absolute Gasteiger partial charge is 0.261 e. The van der Waals surface area contributed by atoms with E-state index >= 15 is 0 Å². The van der Waals surface area contributed by atoms with Gasteiger partial charge in [0, 0.05) is 6.20 Å². The Labute approximate surface area is 104 Å². The molecule has 0 aliphatic rings. The summed E-state index contributed by atoms with van der Waals surface area (Å²) in [6.07, 6.45) is 3.98. The number of rotatable bonds is 4. The van der Waals surface area contributed by atoms with Crippen molar-refractivity contribution in [3.05, 3.63) is 24.3 Å². The van der Waals surface area contributed by atoms with Gasteiger partial charge in [-0.1, -0.05) is 12.1 Å². The molecule has 0 saturated carbocycles. The van der Waals surface area contributed by atoms with Gasteiger partial charge in [0.15, 0.2) is 5.82 Å². The average molecular weight is 254 g/mol. The van der Waals surface area contributed by atoms with E-state index in [9.17, 15) is 0 Å². The van der Waals surface area contributed by atoms with Crippen molar-refractivity contribution in [3.63, 3.8) is 0 Å². The van der Waals surface area contributed by atoms with Gasteiger partial charge in [-0.2, -0.15) is 4.98 Å². The summed E-state index contributed by atoms with van der Waals surface area (Å²) in [5.41, 5.74) is 0.709. The van der Waals surface area contributed by atoms with Gasteiger partial charge in [0.25, 0.3) is 5.89 Å². The molecule has 17 heavy (non-hydrogen) atoms. The lowest BCUT2D eigenvalue weighted by Gasteiger charge is -2.02. The quantitative estimate of drug-likeness (QED) is 0.784. The fraction of sp³-hybridized carbons (Fsp3) is 0.364. The van der Waals surface area contributed by atoms with Crippen molar-refractivity contribution >= 4 is 11.6 Å². The summed E-state index contributed by atoms with van der Waals surface area (Å²) in [5.74, 6) is 1.46. The summed E-state index contributed by atoms with van der Waals surface area (Å²) in [5, 5.41) is 3.61. The third-order valence-electron chi connectivity index (χ3n) is 2.32. The first-order valence-electron chi connectivity index (χ1n) is 5.22. The SMILES string of the molecule is CCC(Cl)c1noc(-c2ccncc2OC)n1. The number of pyridine rings is 1. The Morgan fingerprint density at radius 3 is 3.06 bits per heavy atom. The zero-order valence-electron chi connectivity index (χ0n) is 9.55. The minimum absolute atomic E-state index is 0.236.